The van der Waals surface area contributed by atoms with Gasteiger partial charge in [0.25, 0.3) is 0 Å². The van der Waals surface area contributed by atoms with Gasteiger partial charge in [0.2, 0.25) is 0 Å². The Morgan fingerprint density at radius 1 is 1.82 bits per heavy atom. The van der Waals surface area contributed by atoms with Crippen LogP contribution in [0.2, 0.25) is 0 Å². The number of rotatable bonds is 1. The van der Waals surface area contributed by atoms with Crippen LogP contribution in [0.3, 0.4) is 0 Å². The lowest BCUT2D eigenvalue weighted by molar-refractivity contribution is 0.0454. The van der Waals surface area contributed by atoms with Crippen LogP contribution in [-0.4, -0.2) is 24.3 Å². The van der Waals surface area contributed by atoms with Gasteiger partial charge in [-0.15, -0.1) is 0 Å². The second-order valence-corrected chi connectivity index (χ2v) is 3.48. The number of alkyl carbamates (subject to hydrolysis) is 1. The maximum atomic E-state index is 10.9. The van der Waals surface area contributed by atoms with E-state index in [0.29, 0.717) is 6.54 Å². The normalized spacial score (nSPS) is 29.0. The standard InChI is InChI=1S/C7H14N2O2/c1-7(2)3-5(4-8)11-6(10)9-7/h5H,3-4,8H2,1-2H3,(H,9,10). The van der Waals surface area contributed by atoms with Crippen LogP contribution in [0.25, 0.3) is 0 Å². The number of nitrogens with two attached hydrogens (primary N) is 1. The highest BCUT2D eigenvalue weighted by atomic mass is 16.6. The van der Waals surface area contributed by atoms with Gasteiger partial charge >= 0.3 is 6.09 Å². The predicted molar refractivity (Wildman–Crippen MR) is 41.2 cm³/mol. The molecule has 1 fully saturated rings. The molecule has 1 saturated heterocycles. The van der Waals surface area contributed by atoms with Crippen molar-refractivity contribution >= 4 is 6.09 Å². The third kappa shape index (κ3) is 2.08. The molecular formula is C7H14N2O2. The molecule has 0 aromatic rings. The average molecular weight is 158 g/mol. The van der Waals surface area contributed by atoms with E-state index in [1.165, 1.54) is 0 Å². The molecule has 3 N–H and O–H groups in total. The van der Waals surface area contributed by atoms with Crippen LogP contribution < -0.4 is 11.1 Å². The van der Waals surface area contributed by atoms with Crippen molar-refractivity contribution in [2.75, 3.05) is 6.54 Å². The molecular weight excluding hydrogens is 144 g/mol. The minimum atomic E-state index is -0.364. The van der Waals surface area contributed by atoms with Crippen LogP contribution in [0.5, 0.6) is 0 Å². The quantitative estimate of drug-likeness (QED) is 0.574. The van der Waals surface area contributed by atoms with Gasteiger partial charge in [-0.1, -0.05) is 0 Å². The number of carbonyl (C=O) groups excluding carboxylic acids is 1. The van der Waals surface area contributed by atoms with Gasteiger partial charge in [-0.05, 0) is 13.8 Å². The lowest BCUT2D eigenvalue weighted by atomic mass is 9.95. The average Bonchev–Trinajstić information content (AvgIpc) is 1.83. The maximum Gasteiger partial charge on any atom is 0.407 e. The van der Waals surface area contributed by atoms with E-state index in [2.05, 4.69) is 5.32 Å². The number of hydrogen-bond donors (Lipinski definition) is 2. The lowest BCUT2D eigenvalue weighted by Crippen LogP contribution is -2.53. The van der Waals surface area contributed by atoms with Crippen LogP contribution in [-0.2, 0) is 4.74 Å². The monoisotopic (exact) mass is 158 g/mol. The fourth-order valence-corrected chi connectivity index (χ4v) is 1.25. The molecule has 4 heteroatoms. The molecule has 0 radical (unpaired) electrons. The van der Waals surface area contributed by atoms with Crippen LogP contribution in [0.1, 0.15) is 20.3 Å². The lowest BCUT2D eigenvalue weighted by Gasteiger charge is -2.35. The molecule has 1 aliphatic heterocycles. The van der Waals surface area contributed by atoms with E-state index in [9.17, 15) is 4.79 Å². The molecule has 0 bridgehead atoms. The number of hydrogen-bond acceptors (Lipinski definition) is 3. The van der Waals surface area contributed by atoms with Crippen molar-refractivity contribution in [1.29, 1.82) is 0 Å². The molecule has 0 aromatic heterocycles. The molecule has 0 spiro atoms. The summed E-state index contributed by atoms with van der Waals surface area (Å²) in [6.45, 7) is 4.31. The zero-order valence-corrected chi connectivity index (χ0v) is 6.89. The second-order valence-electron chi connectivity index (χ2n) is 3.48. The summed E-state index contributed by atoms with van der Waals surface area (Å²) in [6, 6.07) is 0. The topological polar surface area (TPSA) is 64.3 Å². The highest BCUT2D eigenvalue weighted by molar-refractivity contribution is 5.69. The maximum absolute atomic E-state index is 10.9. The van der Waals surface area contributed by atoms with Crippen molar-refractivity contribution in [3.05, 3.63) is 0 Å². The molecule has 1 unspecified atom stereocenters. The van der Waals surface area contributed by atoms with E-state index in [0.717, 1.165) is 6.42 Å². The van der Waals surface area contributed by atoms with E-state index in [1.807, 2.05) is 13.8 Å². The van der Waals surface area contributed by atoms with Crippen molar-refractivity contribution in [1.82, 2.24) is 5.32 Å². The molecule has 11 heavy (non-hydrogen) atoms. The van der Waals surface area contributed by atoms with Gasteiger partial charge in [0.15, 0.2) is 0 Å². The van der Waals surface area contributed by atoms with Crippen molar-refractivity contribution < 1.29 is 9.53 Å². The van der Waals surface area contributed by atoms with Crippen molar-refractivity contribution in [3.63, 3.8) is 0 Å². The molecule has 64 valence electrons. The van der Waals surface area contributed by atoms with Gasteiger partial charge < -0.3 is 15.8 Å². The molecule has 0 saturated carbocycles. The molecule has 1 rings (SSSR count). The highest BCUT2D eigenvalue weighted by Crippen LogP contribution is 2.18. The first-order valence-corrected chi connectivity index (χ1v) is 3.72. The summed E-state index contributed by atoms with van der Waals surface area (Å²) < 4.78 is 4.90. The van der Waals surface area contributed by atoms with Crippen LogP contribution in [0.15, 0.2) is 0 Å². The Morgan fingerprint density at radius 3 is 2.91 bits per heavy atom. The SMILES string of the molecule is CC1(C)CC(CN)OC(=O)N1. The fraction of sp³-hybridized carbons (Fsp3) is 0.857. The van der Waals surface area contributed by atoms with Gasteiger partial charge in [0.05, 0.1) is 0 Å². The zero-order chi connectivity index (χ0) is 8.48. The molecule has 1 aliphatic rings. The largest absolute Gasteiger partial charge is 0.445 e. The van der Waals surface area contributed by atoms with Gasteiger partial charge in [0.1, 0.15) is 6.10 Å². The molecule has 4 nitrogen and oxygen atoms in total. The minimum absolute atomic E-state index is 0.126. The van der Waals surface area contributed by atoms with E-state index in [1.54, 1.807) is 0 Å². The summed E-state index contributed by atoms with van der Waals surface area (Å²) in [5.41, 5.74) is 5.20. The Hall–Kier alpha value is -0.770. The van der Waals surface area contributed by atoms with E-state index < -0.39 is 0 Å². The Balaban J connectivity index is 2.58. The Morgan fingerprint density at radius 2 is 2.45 bits per heavy atom. The van der Waals surface area contributed by atoms with Crippen LogP contribution in [0.4, 0.5) is 4.79 Å². The third-order valence-corrected chi connectivity index (χ3v) is 1.72. The summed E-state index contributed by atoms with van der Waals surface area (Å²) in [7, 11) is 0. The predicted octanol–water partition coefficient (Wildman–Crippen LogP) is 0.222. The Bertz CT molecular complexity index is 168. The number of carbonyl (C=O) groups is 1. The second kappa shape index (κ2) is 2.70. The smallest absolute Gasteiger partial charge is 0.407 e. The minimum Gasteiger partial charge on any atom is -0.445 e. The van der Waals surface area contributed by atoms with Gasteiger partial charge in [-0.3, -0.25) is 0 Å². The first-order valence-electron chi connectivity index (χ1n) is 3.72. The fourth-order valence-electron chi connectivity index (χ4n) is 1.25. The number of nitrogens with one attached hydrogen (secondary N) is 1. The molecule has 0 aliphatic carbocycles. The van der Waals surface area contributed by atoms with Gasteiger partial charge in [0, 0.05) is 18.5 Å². The van der Waals surface area contributed by atoms with E-state index >= 15 is 0 Å². The van der Waals surface area contributed by atoms with E-state index in [-0.39, 0.29) is 17.7 Å². The molecule has 1 amide bonds. The molecule has 1 heterocycles. The Kier molecular flexibility index (Phi) is 2.04. The first-order chi connectivity index (χ1) is 5.03. The Labute approximate surface area is 66.1 Å². The van der Waals surface area contributed by atoms with Crippen molar-refractivity contribution in [2.24, 2.45) is 5.73 Å². The summed E-state index contributed by atoms with van der Waals surface area (Å²) in [5.74, 6) is 0. The number of cyclic esters (lactones) is 1. The first kappa shape index (κ1) is 8.33. The summed E-state index contributed by atoms with van der Waals surface area (Å²) >= 11 is 0. The van der Waals surface area contributed by atoms with Gasteiger partial charge in [-0.2, -0.15) is 0 Å². The third-order valence-electron chi connectivity index (χ3n) is 1.72. The van der Waals surface area contributed by atoms with Crippen LogP contribution in [0, 0.1) is 0 Å². The van der Waals surface area contributed by atoms with Crippen LogP contribution >= 0.6 is 0 Å². The van der Waals surface area contributed by atoms with Crippen molar-refractivity contribution in [2.45, 2.75) is 31.9 Å². The van der Waals surface area contributed by atoms with E-state index in [4.69, 9.17) is 10.5 Å². The zero-order valence-electron chi connectivity index (χ0n) is 6.89. The molecule has 0 aromatic carbocycles. The number of ether oxygens (including phenoxy) is 1. The van der Waals surface area contributed by atoms with Crippen molar-refractivity contribution in [3.8, 4) is 0 Å². The number of amides is 1. The highest BCUT2D eigenvalue weighted by Gasteiger charge is 2.32. The summed E-state index contributed by atoms with van der Waals surface area (Å²) in [5, 5.41) is 2.70. The van der Waals surface area contributed by atoms with Gasteiger partial charge in [-0.25, -0.2) is 4.79 Å². The summed E-state index contributed by atoms with van der Waals surface area (Å²) in [4.78, 5) is 10.9. The summed E-state index contributed by atoms with van der Waals surface area (Å²) in [6.07, 6.45) is 0.283. The molecule has 1 atom stereocenters.